The summed E-state index contributed by atoms with van der Waals surface area (Å²) in [5.41, 5.74) is -0.828. The molecule has 0 bridgehead atoms. The summed E-state index contributed by atoms with van der Waals surface area (Å²) in [7, 11) is -7.74. The van der Waals surface area contributed by atoms with Crippen molar-refractivity contribution in [2.24, 2.45) is 5.41 Å². The molecule has 0 radical (unpaired) electrons. The maximum Gasteiger partial charge on any atom is 0.338 e. The molecule has 326 valence electrons. The number of ketones is 1. The fraction of sp³-hybridized carbons (Fsp3) is 0.512. The third-order valence-corrected chi connectivity index (χ3v) is 10.5. The second-order valence-corrected chi connectivity index (χ2v) is 20.7. The van der Waals surface area contributed by atoms with Crippen LogP contribution in [0.4, 0.5) is 11.4 Å². The molecular formula is C43H60N2O12S2. The number of anilines is 2. The van der Waals surface area contributed by atoms with Crippen LogP contribution >= 0.6 is 0 Å². The molecule has 16 heteroatoms. The van der Waals surface area contributed by atoms with Gasteiger partial charge in [-0.25, -0.2) is 21.6 Å². The molecule has 3 aromatic carbocycles. The summed E-state index contributed by atoms with van der Waals surface area (Å²) in [5, 5.41) is 13.1. The number of benzene rings is 3. The summed E-state index contributed by atoms with van der Waals surface area (Å²) in [6, 6.07) is 12.7. The van der Waals surface area contributed by atoms with Crippen molar-refractivity contribution in [3.63, 3.8) is 0 Å². The molecular weight excluding hydrogens is 801 g/mol. The maximum absolute atomic E-state index is 14.0. The number of hydrogen-bond acceptors (Lipinski definition) is 12. The zero-order valence-corrected chi connectivity index (χ0v) is 37.6. The molecule has 3 rings (SSSR count). The Balaban J connectivity index is 1.92. The maximum atomic E-state index is 14.0. The first kappa shape index (κ1) is 48.5. The van der Waals surface area contributed by atoms with Crippen molar-refractivity contribution in [2.75, 3.05) is 29.2 Å². The van der Waals surface area contributed by atoms with Crippen LogP contribution in [0.3, 0.4) is 0 Å². The van der Waals surface area contributed by atoms with Crippen LogP contribution in [0.1, 0.15) is 110 Å². The van der Waals surface area contributed by atoms with Gasteiger partial charge in [0.05, 0.1) is 34.2 Å². The Morgan fingerprint density at radius 3 is 2.03 bits per heavy atom. The summed E-state index contributed by atoms with van der Waals surface area (Å²) >= 11 is 0. The molecule has 59 heavy (non-hydrogen) atoms. The molecule has 0 spiro atoms. The molecule has 2 atom stereocenters. The summed E-state index contributed by atoms with van der Waals surface area (Å²) < 4.78 is 75.1. The molecule has 0 saturated carbocycles. The molecule has 0 heterocycles. The predicted molar refractivity (Wildman–Crippen MR) is 228 cm³/mol. The second kappa shape index (κ2) is 19.9. The number of carbonyl (C=O) groups excluding carboxylic acids is 3. The lowest BCUT2D eigenvalue weighted by Crippen LogP contribution is -2.45. The van der Waals surface area contributed by atoms with E-state index in [2.05, 4.69) is 17.0 Å². The summed E-state index contributed by atoms with van der Waals surface area (Å²) in [6.45, 7) is 16.2. The van der Waals surface area contributed by atoms with Crippen LogP contribution in [0.2, 0.25) is 0 Å². The van der Waals surface area contributed by atoms with Crippen molar-refractivity contribution in [3.8, 4) is 23.0 Å². The number of hydrogen-bond donors (Lipinski definition) is 3. The Morgan fingerprint density at radius 2 is 1.46 bits per heavy atom. The van der Waals surface area contributed by atoms with Gasteiger partial charge in [-0.3, -0.25) is 14.3 Å². The first-order valence-corrected chi connectivity index (χ1v) is 23.3. The highest BCUT2D eigenvalue weighted by Gasteiger charge is 2.38. The Hall–Kier alpha value is -4.83. The smallest absolute Gasteiger partial charge is 0.338 e. The monoisotopic (exact) mass is 860 g/mol. The van der Waals surface area contributed by atoms with Crippen molar-refractivity contribution in [1.29, 1.82) is 0 Å². The molecule has 14 nitrogen and oxygen atoms in total. The highest BCUT2D eigenvalue weighted by Crippen LogP contribution is 2.35. The first-order valence-electron chi connectivity index (χ1n) is 19.5. The number of phenols is 1. The van der Waals surface area contributed by atoms with Gasteiger partial charge in [0.25, 0.3) is 5.91 Å². The molecule has 3 N–H and O–H groups in total. The van der Waals surface area contributed by atoms with E-state index in [4.69, 9.17) is 18.9 Å². The third-order valence-electron chi connectivity index (χ3n) is 8.83. The van der Waals surface area contributed by atoms with Gasteiger partial charge in [0.2, 0.25) is 16.1 Å². The molecule has 0 fully saturated rings. The summed E-state index contributed by atoms with van der Waals surface area (Å²) in [6.07, 6.45) is 3.61. The zero-order valence-electron chi connectivity index (χ0n) is 35.9. The third kappa shape index (κ3) is 15.1. The van der Waals surface area contributed by atoms with E-state index in [1.165, 1.54) is 18.2 Å². The van der Waals surface area contributed by atoms with Gasteiger partial charge in [0.15, 0.2) is 15.6 Å². The van der Waals surface area contributed by atoms with Gasteiger partial charge in [-0.1, -0.05) is 67.7 Å². The number of Topliss-reactive ketones (excluding diaryl/α,β-unsaturated/α-hetero) is 1. The zero-order chi connectivity index (χ0) is 44.5. The SMILES string of the molecule is CCCCCCC(COC(=O)c1ccc(NC(=O)C(Oc2ccc(S(C)(=O)=O)cc2NS(C)(=O)=O)C(=O)C(C)(C)C)c(OC(C)C)c1)Oc1ccc(O)c(C(C)(C)C)c1. The molecule has 0 aliphatic heterocycles. The highest BCUT2D eigenvalue weighted by atomic mass is 32.2. The van der Waals surface area contributed by atoms with E-state index in [0.29, 0.717) is 12.2 Å². The minimum Gasteiger partial charge on any atom is -0.508 e. The van der Waals surface area contributed by atoms with Gasteiger partial charge in [-0.2, -0.15) is 0 Å². The minimum atomic E-state index is -3.96. The van der Waals surface area contributed by atoms with Crippen molar-refractivity contribution in [1.82, 2.24) is 0 Å². The minimum absolute atomic E-state index is 0.0647. The van der Waals surface area contributed by atoms with Gasteiger partial charge < -0.3 is 29.4 Å². The highest BCUT2D eigenvalue weighted by molar-refractivity contribution is 7.92. The van der Waals surface area contributed by atoms with Crippen LogP contribution in [0, 0.1) is 5.41 Å². The number of sulfone groups is 1. The van der Waals surface area contributed by atoms with E-state index in [0.717, 1.165) is 62.0 Å². The fourth-order valence-electron chi connectivity index (χ4n) is 5.78. The summed E-state index contributed by atoms with van der Waals surface area (Å²) in [4.78, 5) is 41.0. The van der Waals surface area contributed by atoms with Crippen molar-refractivity contribution < 1.29 is 55.3 Å². The first-order chi connectivity index (χ1) is 27.2. The number of esters is 1. The lowest BCUT2D eigenvalue weighted by atomic mass is 9.86. The lowest BCUT2D eigenvalue weighted by molar-refractivity contribution is -0.140. The molecule has 0 aromatic heterocycles. The number of phenolic OH excluding ortho intramolecular Hbond substituents is 1. The number of nitrogens with one attached hydrogen (secondary N) is 2. The number of aromatic hydroxyl groups is 1. The number of unbranched alkanes of at least 4 members (excludes halogenated alkanes) is 3. The van der Waals surface area contributed by atoms with Gasteiger partial charge in [-0.15, -0.1) is 0 Å². The Labute approximate surface area is 349 Å². The Bertz CT molecular complexity index is 2190. The molecule has 2 unspecified atom stereocenters. The van der Waals surface area contributed by atoms with Crippen LogP contribution in [-0.2, 0) is 39.6 Å². The largest absolute Gasteiger partial charge is 0.508 e. The van der Waals surface area contributed by atoms with E-state index < -0.39 is 61.2 Å². The summed E-state index contributed by atoms with van der Waals surface area (Å²) in [5.74, 6) is -1.77. The van der Waals surface area contributed by atoms with Gasteiger partial charge in [0.1, 0.15) is 35.7 Å². The van der Waals surface area contributed by atoms with E-state index in [-0.39, 0.29) is 51.1 Å². The molecule has 1 amide bonds. The molecule has 0 aliphatic rings. The van der Waals surface area contributed by atoms with Crippen LogP contribution in [0.25, 0.3) is 0 Å². The van der Waals surface area contributed by atoms with Crippen LogP contribution in [-0.4, -0.2) is 77.0 Å². The quantitative estimate of drug-likeness (QED) is 0.0566. The standard InChI is InChI=1S/C43H60N2O12S2/c1-12-13-14-15-16-30(56-29-18-21-35(46)32(24-29)42(4,5)6)26-54-41(49)28-17-20-33(37(23-28)55-27(2)3)44-40(48)38(39(47)43(7,8)9)57-36-22-19-31(58(10,50)51)25-34(36)45-59(11,52)53/h17-25,27,30,38,45-46H,12-16,26H2,1-11H3,(H,44,48). The average Bonchev–Trinajstić information content (AvgIpc) is 3.10. The van der Waals surface area contributed by atoms with Crippen molar-refractivity contribution in [3.05, 3.63) is 65.7 Å². The number of rotatable bonds is 20. The normalized spacial score (nSPS) is 13.3. The Kier molecular flexibility index (Phi) is 16.4. The van der Waals surface area contributed by atoms with Crippen molar-refractivity contribution in [2.45, 2.75) is 123 Å². The number of sulfonamides is 1. The van der Waals surface area contributed by atoms with Gasteiger partial charge in [0, 0.05) is 17.2 Å². The van der Waals surface area contributed by atoms with E-state index in [9.17, 15) is 36.3 Å². The van der Waals surface area contributed by atoms with Gasteiger partial charge >= 0.3 is 5.97 Å². The molecule has 0 saturated heterocycles. The second-order valence-electron chi connectivity index (χ2n) is 16.9. The van der Waals surface area contributed by atoms with Crippen molar-refractivity contribution >= 4 is 48.9 Å². The lowest BCUT2D eigenvalue weighted by Gasteiger charge is -2.26. The van der Waals surface area contributed by atoms with E-state index in [1.807, 2.05) is 20.8 Å². The van der Waals surface area contributed by atoms with Gasteiger partial charge in [-0.05, 0) is 86.7 Å². The molecule has 0 aliphatic carbocycles. The predicted octanol–water partition coefficient (Wildman–Crippen LogP) is 7.83. The number of ether oxygens (including phenoxy) is 4. The fourth-order valence-corrected chi connectivity index (χ4v) is 6.99. The number of carbonyl (C=O) groups is 3. The number of amides is 1. The van der Waals surface area contributed by atoms with Crippen LogP contribution in [0.15, 0.2) is 59.5 Å². The van der Waals surface area contributed by atoms with E-state index >= 15 is 0 Å². The Morgan fingerprint density at radius 1 is 0.780 bits per heavy atom. The van der Waals surface area contributed by atoms with E-state index in [1.54, 1.807) is 52.8 Å². The van der Waals surface area contributed by atoms with Crippen LogP contribution in [0.5, 0.6) is 23.0 Å². The molecule has 3 aromatic rings. The average molecular weight is 861 g/mol. The van der Waals surface area contributed by atoms with Crippen LogP contribution < -0.4 is 24.2 Å². The topological polar surface area (TPSA) is 201 Å².